The van der Waals surface area contributed by atoms with Crippen molar-refractivity contribution >= 4 is 21.6 Å². The van der Waals surface area contributed by atoms with Crippen LogP contribution in [0.5, 0.6) is 0 Å². The van der Waals surface area contributed by atoms with E-state index in [1.54, 1.807) is 0 Å². The zero-order valence-electron chi connectivity index (χ0n) is 19.7. The summed E-state index contributed by atoms with van der Waals surface area (Å²) in [4.78, 5) is 12.0. The number of nitrogens with zero attached hydrogens (tertiary/aromatic N) is 1. The maximum Gasteiger partial charge on any atom is 0.430 e. The number of alkyl halides is 6. The minimum Gasteiger partial charge on any atom is -0.383 e. The first kappa shape index (κ1) is 29.6. The van der Waals surface area contributed by atoms with Crippen molar-refractivity contribution in [1.82, 2.24) is 5.32 Å². The summed E-state index contributed by atoms with van der Waals surface area (Å²) in [6.45, 7) is 0.279. The van der Waals surface area contributed by atoms with Crippen molar-refractivity contribution in [3.8, 4) is 0 Å². The van der Waals surface area contributed by atoms with E-state index in [4.69, 9.17) is 4.74 Å². The SMILES string of the molecule is COCCNC(=O)CC1CCc2cc(C(O)(C(F)(F)F)C(F)(F)F)ccc2N1S(=O)(=O)c1ccc(F)cc1. The van der Waals surface area contributed by atoms with E-state index < -0.39 is 56.2 Å². The molecule has 1 aliphatic heterocycles. The van der Waals surface area contributed by atoms with Crippen molar-refractivity contribution < 1.29 is 53.8 Å². The topological polar surface area (TPSA) is 95.9 Å². The molecular weight excluding hydrogens is 549 g/mol. The Labute approximate surface area is 213 Å². The van der Waals surface area contributed by atoms with Crippen LogP contribution in [0.3, 0.4) is 0 Å². The average molecular weight is 572 g/mol. The molecule has 0 radical (unpaired) electrons. The van der Waals surface area contributed by atoms with Crippen LogP contribution in [0.15, 0.2) is 47.4 Å². The van der Waals surface area contributed by atoms with Crippen LogP contribution in [0.4, 0.5) is 36.4 Å². The smallest absolute Gasteiger partial charge is 0.383 e. The van der Waals surface area contributed by atoms with Crippen LogP contribution in [0.1, 0.15) is 24.0 Å². The van der Waals surface area contributed by atoms with Crippen molar-refractivity contribution in [3.05, 3.63) is 59.4 Å². The van der Waals surface area contributed by atoms with Crippen LogP contribution < -0.4 is 9.62 Å². The fourth-order valence-electron chi connectivity index (χ4n) is 4.16. The molecule has 0 saturated heterocycles. The fourth-order valence-corrected chi connectivity index (χ4v) is 5.88. The minimum atomic E-state index is -6.13. The van der Waals surface area contributed by atoms with Gasteiger partial charge in [0.1, 0.15) is 5.82 Å². The van der Waals surface area contributed by atoms with Gasteiger partial charge < -0.3 is 15.2 Å². The number of methoxy groups -OCH3 is 1. The van der Waals surface area contributed by atoms with Gasteiger partial charge in [0.25, 0.3) is 15.6 Å². The number of rotatable bonds is 8. The second-order valence-electron chi connectivity index (χ2n) is 8.54. The minimum absolute atomic E-state index is 0.111. The Hall–Kier alpha value is -2.91. The van der Waals surface area contributed by atoms with Gasteiger partial charge in [-0.25, -0.2) is 12.8 Å². The molecule has 0 spiro atoms. The number of aliphatic hydroxyl groups is 1. The number of ether oxygens (including phenoxy) is 1. The fraction of sp³-hybridized carbons (Fsp3) is 0.435. The van der Waals surface area contributed by atoms with Crippen LogP contribution in [0.25, 0.3) is 0 Å². The van der Waals surface area contributed by atoms with Crippen LogP contribution >= 0.6 is 0 Å². The first-order valence-corrected chi connectivity index (χ1v) is 12.5. The predicted octanol–water partition coefficient (Wildman–Crippen LogP) is 3.80. The van der Waals surface area contributed by atoms with Gasteiger partial charge in [-0.1, -0.05) is 12.1 Å². The highest BCUT2D eigenvalue weighted by Gasteiger charge is 2.71. The second-order valence-corrected chi connectivity index (χ2v) is 10.4. The number of nitrogens with one attached hydrogen (secondary N) is 1. The summed E-state index contributed by atoms with van der Waals surface area (Å²) in [7, 11) is -3.17. The maximum absolute atomic E-state index is 13.6. The number of benzene rings is 2. The molecule has 1 atom stereocenters. The Morgan fingerprint density at radius 2 is 1.68 bits per heavy atom. The van der Waals surface area contributed by atoms with E-state index >= 15 is 0 Å². The zero-order chi connectivity index (χ0) is 28.5. The molecule has 3 rings (SSSR count). The van der Waals surface area contributed by atoms with E-state index in [2.05, 4.69) is 5.32 Å². The van der Waals surface area contributed by atoms with Gasteiger partial charge >= 0.3 is 12.4 Å². The molecular formula is C23H23F7N2O5S. The summed E-state index contributed by atoms with van der Waals surface area (Å²) in [5.41, 5.74) is -7.23. The van der Waals surface area contributed by atoms with Crippen molar-refractivity contribution in [3.63, 3.8) is 0 Å². The molecule has 0 saturated carbocycles. The van der Waals surface area contributed by atoms with E-state index in [0.717, 1.165) is 34.6 Å². The maximum atomic E-state index is 13.6. The highest BCUT2D eigenvalue weighted by Crippen LogP contribution is 2.51. The monoisotopic (exact) mass is 572 g/mol. The molecule has 1 heterocycles. The van der Waals surface area contributed by atoms with Gasteiger partial charge in [-0.15, -0.1) is 0 Å². The third kappa shape index (κ3) is 5.59. The molecule has 7 nitrogen and oxygen atoms in total. The van der Waals surface area contributed by atoms with Crippen LogP contribution in [0.2, 0.25) is 0 Å². The molecule has 0 fully saturated rings. The Morgan fingerprint density at radius 3 is 2.24 bits per heavy atom. The standard InChI is InChI=1S/C23H23F7N2O5S/c1-37-11-10-31-20(33)13-17-6-2-14-12-15(21(34,22(25,26)27)23(28,29)30)3-9-19(14)32(17)38(35,36)18-7-4-16(24)5-8-18/h3-5,7-9,12,17,34H,2,6,10-11,13H2,1H3,(H,31,33). The molecule has 2 N–H and O–H groups in total. The van der Waals surface area contributed by atoms with E-state index in [1.807, 2.05) is 0 Å². The van der Waals surface area contributed by atoms with Crippen molar-refractivity contribution in [1.29, 1.82) is 0 Å². The van der Waals surface area contributed by atoms with Gasteiger partial charge in [-0.2, -0.15) is 26.3 Å². The molecule has 1 aliphatic rings. The summed E-state index contributed by atoms with van der Waals surface area (Å²) in [6.07, 6.45) is -13.0. The molecule has 1 unspecified atom stereocenters. The Morgan fingerprint density at radius 1 is 1.08 bits per heavy atom. The highest BCUT2D eigenvalue weighted by molar-refractivity contribution is 7.92. The number of aryl methyl sites for hydroxylation is 1. The van der Waals surface area contributed by atoms with Crippen LogP contribution in [-0.4, -0.2) is 58.1 Å². The lowest BCUT2D eigenvalue weighted by Crippen LogP contribution is -2.54. The lowest BCUT2D eigenvalue weighted by atomic mass is 9.87. The van der Waals surface area contributed by atoms with E-state index in [0.29, 0.717) is 12.1 Å². The molecule has 15 heteroatoms. The number of amides is 1. The summed E-state index contributed by atoms with van der Waals surface area (Å²) in [5, 5.41) is 12.3. The summed E-state index contributed by atoms with van der Waals surface area (Å²) >= 11 is 0. The number of fused-ring (bicyclic) bond motifs is 1. The third-order valence-electron chi connectivity index (χ3n) is 6.05. The number of hydrogen-bond donors (Lipinski definition) is 2. The van der Waals surface area contributed by atoms with Gasteiger partial charge in [0, 0.05) is 25.6 Å². The summed E-state index contributed by atoms with van der Waals surface area (Å²) in [5.74, 6) is -1.32. The number of anilines is 1. The van der Waals surface area contributed by atoms with Crippen LogP contribution in [-0.2, 0) is 31.6 Å². The summed E-state index contributed by atoms with van der Waals surface area (Å²) in [6, 6.07) is 4.05. The number of sulfonamides is 1. The van der Waals surface area contributed by atoms with Crippen molar-refractivity contribution in [2.75, 3.05) is 24.6 Å². The second kappa shape index (κ2) is 10.7. The Balaban J connectivity index is 2.12. The molecule has 0 aromatic heterocycles. The number of carbonyl (C=O) groups excluding carboxylic acids is 1. The molecule has 0 bridgehead atoms. The quantitative estimate of drug-likeness (QED) is 0.371. The average Bonchev–Trinajstić information content (AvgIpc) is 2.82. The van der Waals surface area contributed by atoms with E-state index in [9.17, 15) is 49.1 Å². The number of halogens is 7. The lowest BCUT2D eigenvalue weighted by Gasteiger charge is -2.39. The Bertz CT molecular complexity index is 1250. The molecule has 210 valence electrons. The Kier molecular flexibility index (Phi) is 8.34. The van der Waals surface area contributed by atoms with Gasteiger partial charge in [0.2, 0.25) is 5.91 Å². The molecule has 2 aromatic rings. The van der Waals surface area contributed by atoms with Gasteiger partial charge in [-0.05, 0) is 48.7 Å². The molecule has 38 heavy (non-hydrogen) atoms. The van der Waals surface area contributed by atoms with Gasteiger partial charge in [-0.3, -0.25) is 9.10 Å². The largest absolute Gasteiger partial charge is 0.430 e. The molecule has 0 aliphatic carbocycles. The predicted molar refractivity (Wildman–Crippen MR) is 120 cm³/mol. The number of carbonyl (C=O) groups is 1. The van der Waals surface area contributed by atoms with E-state index in [1.165, 1.54) is 7.11 Å². The summed E-state index contributed by atoms with van der Waals surface area (Å²) < 4.78 is 127. The third-order valence-corrected chi connectivity index (χ3v) is 7.93. The highest BCUT2D eigenvalue weighted by atomic mass is 32.2. The first-order chi connectivity index (χ1) is 17.5. The van der Waals surface area contributed by atoms with Gasteiger partial charge in [0.05, 0.1) is 23.2 Å². The lowest BCUT2D eigenvalue weighted by molar-refractivity contribution is -0.376. The zero-order valence-corrected chi connectivity index (χ0v) is 20.6. The first-order valence-electron chi connectivity index (χ1n) is 11.1. The molecule has 1 amide bonds. The van der Waals surface area contributed by atoms with Crippen LogP contribution in [0, 0.1) is 5.82 Å². The van der Waals surface area contributed by atoms with Gasteiger partial charge in [0.15, 0.2) is 0 Å². The normalized spacial score (nSPS) is 16.8. The van der Waals surface area contributed by atoms with E-state index in [-0.39, 0.29) is 43.7 Å². The van der Waals surface area contributed by atoms with Crippen molar-refractivity contribution in [2.45, 2.75) is 48.2 Å². The molecule has 2 aromatic carbocycles. The number of hydrogen-bond acceptors (Lipinski definition) is 5. The van der Waals surface area contributed by atoms with Crippen molar-refractivity contribution in [2.24, 2.45) is 0 Å².